The Labute approximate surface area is 127 Å². The Balaban J connectivity index is 2.17. The van der Waals surface area contributed by atoms with Crippen molar-refractivity contribution in [1.82, 2.24) is 9.27 Å². The van der Waals surface area contributed by atoms with E-state index in [4.69, 9.17) is 4.74 Å². The van der Waals surface area contributed by atoms with Gasteiger partial charge in [0.15, 0.2) is 0 Å². The van der Waals surface area contributed by atoms with E-state index in [-0.39, 0.29) is 18.9 Å². The minimum Gasteiger partial charge on any atom is -0.480 e. The number of rotatable bonds is 5. The first-order valence-electron chi connectivity index (χ1n) is 6.62. The average Bonchev–Trinajstić information content (AvgIpc) is 2.94. The Morgan fingerprint density at radius 1 is 1.52 bits per heavy atom. The first kappa shape index (κ1) is 15.5. The number of hydrogen-bond acceptors (Lipinski definition) is 5. The highest BCUT2D eigenvalue weighted by atomic mass is 32.1. The molecule has 114 valence electrons. The molecule has 1 aliphatic rings. The molecule has 0 aliphatic heterocycles. The summed E-state index contributed by atoms with van der Waals surface area (Å²) >= 11 is 1.25. The van der Waals surface area contributed by atoms with Crippen LogP contribution >= 0.6 is 11.5 Å². The molecule has 2 rings (SSSR count). The number of carbonyl (C=O) groups excluding carboxylic acids is 1. The van der Waals surface area contributed by atoms with Crippen molar-refractivity contribution in [2.75, 3.05) is 14.2 Å². The largest absolute Gasteiger partial charge is 0.480 e. The van der Waals surface area contributed by atoms with Crippen molar-refractivity contribution in [3.05, 3.63) is 23.1 Å². The number of carboxylic acid groups (broad SMARTS) is 1. The number of aromatic nitrogens is 1. The minimum atomic E-state index is -1.35. The molecule has 1 atom stereocenters. The number of carboxylic acids is 1. The van der Waals surface area contributed by atoms with Crippen LogP contribution in [0, 0.1) is 5.41 Å². The molecule has 1 N–H and O–H groups in total. The van der Waals surface area contributed by atoms with Crippen molar-refractivity contribution in [3.8, 4) is 5.88 Å². The number of ether oxygens (including phenoxy) is 1. The van der Waals surface area contributed by atoms with E-state index in [0.717, 1.165) is 5.56 Å². The molecule has 6 nitrogen and oxygen atoms in total. The molecule has 0 saturated carbocycles. The van der Waals surface area contributed by atoms with Crippen molar-refractivity contribution in [2.24, 2.45) is 5.41 Å². The normalized spacial score (nSPS) is 21.0. The lowest BCUT2D eigenvalue weighted by Crippen LogP contribution is -2.47. The van der Waals surface area contributed by atoms with Gasteiger partial charge in [0.1, 0.15) is 5.41 Å². The predicted molar refractivity (Wildman–Crippen MR) is 78.2 cm³/mol. The van der Waals surface area contributed by atoms with Crippen molar-refractivity contribution >= 4 is 23.4 Å². The van der Waals surface area contributed by atoms with Gasteiger partial charge in [-0.15, -0.1) is 0 Å². The minimum absolute atomic E-state index is 0.241. The molecule has 0 spiro atoms. The second kappa shape index (κ2) is 6.26. The lowest BCUT2D eigenvalue weighted by atomic mass is 9.76. The van der Waals surface area contributed by atoms with E-state index in [2.05, 4.69) is 4.37 Å². The standard InChI is InChI=1S/C14H18N2O4S/c1-16(8-10-9-21-15-11(10)20-2)12(17)14(13(18)19)6-4-3-5-7-14/h3-4,9H,5-8H2,1-2H3,(H,18,19). The molecular formula is C14H18N2O4S. The number of carbonyl (C=O) groups is 2. The summed E-state index contributed by atoms with van der Waals surface area (Å²) in [5.41, 5.74) is -0.564. The monoisotopic (exact) mass is 310 g/mol. The molecule has 1 aromatic heterocycles. The highest BCUT2D eigenvalue weighted by Gasteiger charge is 2.47. The fourth-order valence-corrected chi connectivity index (χ4v) is 3.17. The van der Waals surface area contributed by atoms with Gasteiger partial charge in [0.25, 0.3) is 0 Å². The van der Waals surface area contributed by atoms with Crippen molar-refractivity contribution in [3.63, 3.8) is 0 Å². The summed E-state index contributed by atoms with van der Waals surface area (Å²) in [6.45, 7) is 0.289. The van der Waals surface area contributed by atoms with Gasteiger partial charge in [-0.2, -0.15) is 4.37 Å². The lowest BCUT2D eigenvalue weighted by Gasteiger charge is -2.33. The van der Waals surface area contributed by atoms with Crippen LogP contribution in [-0.4, -0.2) is 40.4 Å². The number of amides is 1. The summed E-state index contributed by atoms with van der Waals surface area (Å²) in [6, 6.07) is 0. The number of allylic oxidation sites excluding steroid dienone is 2. The van der Waals surface area contributed by atoms with Gasteiger partial charge in [0.05, 0.1) is 13.7 Å². The zero-order valence-corrected chi connectivity index (χ0v) is 12.9. The molecule has 21 heavy (non-hydrogen) atoms. The maximum absolute atomic E-state index is 12.6. The third-order valence-electron chi connectivity index (χ3n) is 3.74. The molecular weight excluding hydrogens is 292 g/mol. The van der Waals surface area contributed by atoms with E-state index in [1.807, 2.05) is 6.08 Å². The zero-order valence-electron chi connectivity index (χ0n) is 12.0. The van der Waals surface area contributed by atoms with Gasteiger partial charge >= 0.3 is 5.97 Å². The second-order valence-corrected chi connectivity index (χ2v) is 5.74. The first-order valence-corrected chi connectivity index (χ1v) is 7.46. The molecule has 1 aromatic rings. The van der Waals surface area contributed by atoms with Crippen LogP contribution in [-0.2, 0) is 16.1 Å². The molecule has 1 aliphatic carbocycles. The fourth-order valence-electron chi connectivity index (χ4n) is 2.53. The van der Waals surface area contributed by atoms with Gasteiger partial charge < -0.3 is 14.7 Å². The maximum atomic E-state index is 12.6. The Morgan fingerprint density at radius 3 is 2.86 bits per heavy atom. The third-order valence-corrected chi connectivity index (χ3v) is 4.40. The average molecular weight is 310 g/mol. The third kappa shape index (κ3) is 2.92. The molecule has 0 aromatic carbocycles. The second-order valence-electron chi connectivity index (χ2n) is 5.11. The van der Waals surface area contributed by atoms with E-state index < -0.39 is 11.4 Å². The summed E-state index contributed by atoms with van der Waals surface area (Å²) < 4.78 is 9.18. The summed E-state index contributed by atoms with van der Waals surface area (Å²) in [7, 11) is 3.13. The Hall–Kier alpha value is -1.89. The molecule has 7 heteroatoms. The molecule has 1 amide bonds. The molecule has 0 fully saturated rings. The number of aliphatic carboxylic acids is 1. The predicted octanol–water partition coefficient (Wildman–Crippen LogP) is 1.92. The quantitative estimate of drug-likeness (QED) is 0.664. The van der Waals surface area contributed by atoms with Gasteiger partial charge in [-0.05, 0) is 30.8 Å². The molecule has 0 saturated heterocycles. The Kier molecular flexibility index (Phi) is 4.62. The number of hydrogen-bond donors (Lipinski definition) is 1. The van der Waals surface area contributed by atoms with Crippen LogP contribution in [0.15, 0.2) is 17.5 Å². The lowest BCUT2D eigenvalue weighted by molar-refractivity contribution is -0.161. The van der Waals surface area contributed by atoms with Gasteiger partial charge in [0, 0.05) is 18.0 Å². The van der Waals surface area contributed by atoms with Crippen molar-refractivity contribution in [2.45, 2.75) is 25.8 Å². The summed E-state index contributed by atoms with van der Waals surface area (Å²) in [4.78, 5) is 25.7. The van der Waals surface area contributed by atoms with Crippen LogP contribution in [0.4, 0.5) is 0 Å². The van der Waals surface area contributed by atoms with Crippen molar-refractivity contribution in [1.29, 1.82) is 0 Å². The van der Waals surface area contributed by atoms with Crippen LogP contribution in [0.2, 0.25) is 0 Å². The van der Waals surface area contributed by atoms with Crippen LogP contribution in [0.1, 0.15) is 24.8 Å². The van der Waals surface area contributed by atoms with Gasteiger partial charge in [-0.25, -0.2) is 0 Å². The van der Waals surface area contributed by atoms with Gasteiger partial charge in [0.2, 0.25) is 11.8 Å². The van der Waals surface area contributed by atoms with Gasteiger partial charge in [-0.1, -0.05) is 12.2 Å². The smallest absolute Gasteiger partial charge is 0.319 e. The topological polar surface area (TPSA) is 79.7 Å². The number of methoxy groups -OCH3 is 1. The Bertz CT molecular complexity index is 569. The summed E-state index contributed by atoms with van der Waals surface area (Å²) in [5, 5.41) is 11.3. The van der Waals surface area contributed by atoms with Crippen LogP contribution < -0.4 is 4.74 Å². The molecule has 0 radical (unpaired) electrons. The van der Waals surface area contributed by atoms with E-state index >= 15 is 0 Å². The summed E-state index contributed by atoms with van der Waals surface area (Å²) in [6.07, 6.45) is 4.87. The van der Waals surface area contributed by atoms with E-state index in [1.54, 1.807) is 18.5 Å². The molecule has 0 bridgehead atoms. The van der Waals surface area contributed by atoms with E-state index in [9.17, 15) is 14.7 Å². The van der Waals surface area contributed by atoms with E-state index in [0.29, 0.717) is 18.7 Å². The van der Waals surface area contributed by atoms with Crippen molar-refractivity contribution < 1.29 is 19.4 Å². The zero-order chi connectivity index (χ0) is 15.5. The molecule has 1 heterocycles. The maximum Gasteiger partial charge on any atom is 0.319 e. The summed E-state index contributed by atoms with van der Waals surface area (Å²) in [5.74, 6) is -0.945. The highest BCUT2D eigenvalue weighted by Crippen LogP contribution is 2.35. The van der Waals surface area contributed by atoms with Crippen LogP contribution in [0.25, 0.3) is 0 Å². The fraction of sp³-hybridized carbons (Fsp3) is 0.500. The Morgan fingerprint density at radius 2 is 2.29 bits per heavy atom. The van der Waals surface area contributed by atoms with Crippen LogP contribution in [0.5, 0.6) is 5.88 Å². The SMILES string of the molecule is COc1nscc1CN(C)C(=O)C1(C(=O)O)CC=CCC1. The van der Waals surface area contributed by atoms with E-state index in [1.165, 1.54) is 23.5 Å². The van der Waals surface area contributed by atoms with Gasteiger partial charge in [-0.3, -0.25) is 9.59 Å². The number of nitrogens with zero attached hydrogens (tertiary/aromatic N) is 2. The first-order chi connectivity index (χ1) is 10.0. The molecule has 1 unspecified atom stereocenters. The van der Waals surface area contributed by atoms with Crippen LogP contribution in [0.3, 0.4) is 0 Å². The highest BCUT2D eigenvalue weighted by molar-refractivity contribution is 7.03.